The van der Waals surface area contributed by atoms with Gasteiger partial charge in [-0.1, -0.05) is 37.3 Å². The van der Waals surface area contributed by atoms with Crippen LogP contribution in [-0.2, 0) is 14.6 Å². The van der Waals surface area contributed by atoms with Crippen molar-refractivity contribution in [1.29, 1.82) is 0 Å². The predicted molar refractivity (Wildman–Crippen MR) is 76.9 cm³/mol. The number of benzene rings is 1. The van der Waals surface area contributed by atoms with Gasteiger partial charge in [0, 0.05) is 0 Å². The number of alkyl halides is 3. The van der Waals surface area contributed by atoms with Gasteiger partial charge in [0.15, 0.2) is 15.9 Å². The molecule has 0 spiro atoms. The zero-order chi connectivity index (χ0) is 17.0. The van der Waals surface area contributed by atoms with Crippen LogP contribution >= 0.6 is 0 Å². The van der Waals surface area contributed by atoms with Gasteiger partial charge in [-0.05, 0) is 18.9 Å². The van der Waals surface area contributed by atoms with E-state index in [1.807, 2.05) is 0 Å². The number of nitrogens with one attached hydrogen (secondary N) is 1. The average Bonchev–Trinajstić information content (AvgIpc) is 2.43. The Morgan fingerprint density at radius 1 is 1.23 bits per heavy atom. The molecule has 0 aliphatic carbocycles. The molecule has 124 valence electrons. The highest BCUT2D eigenvalue weighted by Gasteiger charge is 2.43. The number of carbonyl (C=O) groups is 1. The molecular weight excluding hydrogens is 319 g/mol. The van der Waals surface area contributed by atoms with E-state index in [1.165, 1.54) is 24.3 Å². The number of halogens is 3. The molecule has 1 aromatic rings. The summed E-state index contributed by atoms with van der Waals surface area (Å²) in [5.74, 6) is -1.40. The fraction of sp³-hybridized carbons (Fsp3) is 0.500. The Balaban J connectivity index is 2.99. The van der Waals surface area contributed by atoms with E-state index in [1.54, 1.807) is 18.3 Å². The molecule has 0 aromatic heterocycles. The first-order valence-electron chi connectivity index (χ1n) is 6.73. The molecule has 0 saturated carbocycles. The normalized spacial score (nSPS) is 15.1. The Hall–Kier alpha value is -1.57. The second-order valence-corrected chi connectivity index (χ2v) is 7.34. The van der Waals surface area contributed by atoms with Gasteiger partial charge >= 0.3 is 6.18 Å². The fourth-order valence-corrected chi connectivity index (χ4v) is 3.20. The smallest absolute Gasteiger partial charge is 0.340 e. The Kier molecular flexibility index (Phi) is 5.99. The molecule has 0 saturated heterocycles. The van der Waals surface area contributed by atoms with Gasteiger partial charge in [-0.2, -0.15) is 13.2 Å². The third kappa shape index (κ3) is 4.72. The molecule has 0 unspecified atom stereocenters. The molecule has 0 fully saturated rings. The molecule has 22 heavy (non-hydrogen) atoms. The summed E-state index contributed by atoms with van der Waals surface area (Å²) in [6.45, 7) is 2.71. The lowest BCUT2D eigenvalue weighted by atomic mass is 10.1. The zero-order valence-corrected chi connectivity index (χ0v) is 13.0. The van der Waals surface area contributed by atoms with Crippen LogP contribution in [0.25, 0.3) is 0 Å². The van der Waals surface area contributed by atoms with E-state index in [0.29, 0.717) is 6.42 Å². The first-order valence-corrected chi connectivity index (χ1v) is 8.44. The van der Waals surface area contributed by atoms with Crippen LogP contribution in [0.3, 0.4) is 0 Å². The minimum atomic E-state index is -4.72. The van der Waals surface area contributed by atoms with Crippen molar-refractivity contribution in [2.45, 2.75) is 37.7 Å². The van der Waals surface area contributed by atoms with Crippen LogP contribution in [0.4, 0.5) is 13.2 Å². The Labute approximate surface area is 127 Å². The van der Waals surface area contributed by atoms with Crippen LogP contribution in [0.5, 0.6) is 0 Å². The van der Waals surface area contributed by atoms with E-state index in [0.717, 1.165) is 6.92 Å². The standard InChI is InChI=1S/C14H18F3NO3S/c1-3-9-22(20,21)10(2)13(19)18-12(14(15,16)17)11-7-5-4-6-8-11/h4-8,10,12H,3,9H2,1-2H3,(H,18,19)/t10-,12-/m1/s1. The highest BCUT2D eigenvalue weighted by Crippen LogP contribution is 2.32. The molecule has 2 atom stereocenters. The maximum atomic E-state index is 13.1. The minimum absolute atomic E-state index is 0.150. The van der Waals surface area contributed by atoms with Crippen molar-refractivity contribution < 1.29 is 26.4 Å². The molecule has 1 amide bonds. The summed E-state index contributed by atoms with van der Waals surface area (Å²) in [4.78, 5) is 11.9. The topological polar surface area (TPSA) is 63.2 Å². The molecular formula is C14H18F3NO3S. The first kappa shape index (κ1) is 18.5. The Bertz CT molecular complexity index is 600. The molecule has 0 radical (unpaired) electrons. The van der Waals surface area contributed by atoms with Crippen LogP contribution < -0.4 is 5.32 Å². The van der Waals surface area contributed by atoms with E-state index < -0.39 is 33.2 Å². The molecule has 1 N–H and O–H groups in total. The van der Waals surface area contributed by atoms with Gasteiger partial charge in [-0.15, -0.1) is 0 Å². The van der Waals surface area contributed by atoms with Crippen molar-refractivity contribution >= 4 is 15.7 Å². The summed E-state index contributed by atoms with van der Waals surface area (Å²) < 4.78 is 62.9. The van der Waals surface area contributed by atoms with E-state index >= 15 is 0 Å². The largest absolute Gasteiger partial charge is 0.412 e. The van der Waals surface area contributed by atoms with E-state index in [2.05, 4.69) is 0 Å². The van der Waals surface area contributed by atoms with Gasteiger partial charge < -0.3 is 5.32 Å². The lowest BCUT2D eigenvalue weighted by Gasteiger charge is -2.23. The van der Waals surface area contributed by atoms with Gasteiger partial charge in [0.2, 0.25) is 5.91 Å². The number of rotatable bonds is 6. The predicted octanol–water partition coefficient (Wildman–Crippen LogP) is 2.62. The van der Waals surface area contributed by atoms with Crippen LogP contribution in [0, 0.1) is 0 Å². The number of sulfone groups is 1. The maximum absolute atomic E-state index is 13.1. The first-order chi connectivity index (χ1) is 10.1. The van der Waals surface area contributed by atoms with Crippen LogP contribution in [0.15, 0.2) is 30.3 Å². The second-order valence-electron chi connectivity index (χ2n) is 4.90. The molecule has 0 heterocycles. The molecule has 1 rings (SSSR count). The van der Waals surface area contributed by atoms with E-state index in [9.17, 15) is 26.4 Å². The number of carbonyl (C=O) groups excluding carboxylic acids is 1. The van der Waals surface area contributed by atoms with Crippen LogP contribution in [0.2, 0.25) is 0 Å². The molecule has 0 bridgehead atoms. The maximum Gasteiger partial charge on any atom is 0.412 e. The quantitative estimate of drug-likeness (QED) is 0.868. The summed E-state index contributed by atoms with van der Waals surface area (Å²) >= 11 is 0. The van der Waals surface area contributed by atoms with Gasteiger partial charge in [-0.3, -0.25) is 4.79 Å². The molecule has 0 aliphatic rings. The van der Waals surface area contributed by atoms with Crippen molar-refractivity contribution in [2.24, 2.45) is 0 Å². The zero-order valence-electron chi connectivity index (χ0n) is 12.2. The van der Waals surface area contributed by atoms with Gasteiger partial charge in [0.05, 0.1) is 5.75 Å². The number of hydrogen-bond acceptors (Lipinski definition) is 3. The molecule has 0 aliphatic heterocycles. The highest BCUT2D eigenvalue weighted by atomic mass is 32.2. The lowest BCUT2D eigenvalue weighted by Crippen LogP contribution is -2.45. The number of hydrogen-bond donors (Lipinski definition) is 1. The molecule has 8 heteroatoms. The van der Waals surface area contributed by atoms with E-state index in [-0.39, 0.29) is 11.3 Å². The molecule has 4 nitrogen and oxygen atoms in total. The van der Waals surface area contributed by atoms with E-state index in [4.69, 9.17) is 0 Å². The van der Waals surface area contributed by atoms with Crippen LogP contribution in [0.1, 0.15) is 31.9 Å². The van der Waals surface area contributed by atoms with Crippen molar-refractivity contribution in [1.82, 2.24) is 5.32 Å². The monoisotopic (exact) mass is 337 g/mol. The van der Waals surface area contributed by atoms with Crippen molar-refractivity contribution in [3.8, 4) is 0 Å². The van der Waals surface area contributed by atoms with Crippen molar-refractivity contribution in [3.05, 3.63) is 35.9 Å². The van der Waals surface area contributed by atoms with Gasteiger partial charge in [0.25, 0.3) is 0 Å². The van der Waals surface area contributed by atoms with Crippen molar-refractivity contribution in [2.75, 3.05) is 5.75 Å². The average molecular weight is 337 g/mol. The Morgan fingerprint density at radius 2 is 1.77 bits per heavy atom. The number of amides is 1. The summed E-state index contributed by atoms with van der Waals surface area (Å²) in [7, 11) is -3.76. The second kappa shape index (κ2) is 7.13. The summed E-state index contributed by atoms with van der Waals surface area (Å²) in [5, 5.41) is 0.268. The lowest BCUT2D eigenvalue weighted by molar-refractivity contribution is -0.163. The summed E-state index contributed by atoms with van der Waals surface area (Å²) in [6.07, 6.45) is -4.42. The minimum Gasteiger partial charge on any atom is -0.340 e. The third-order valence-electron chi connectivity index (χ3n) is 3.14. The third-order valence-corrected chi connectivity index (χ3v) is 5.41. The SMILES string of the molecule is CCCS(=O)(=O)[C@H](C)C(=O)N[C@H](c1ccccc1)C(F)(F)F. The summed E-state index contributed by atoms with van der Waals surface area (Å²) in [6, 6.07) is 4.59. The molecule has 1 aromatic carbocycles. The fourth-order valence-electron chi connectivity index (χ4n) is 1.88. The highest BCUT2D eigenvalue weighted by molar-refractivity contribution is 7.92. The van der Waals surface area contributed by atoms with Crippen LogP contribution in [-0.4, -0.2) is 31.5 Å². The summed E-state index contributed by atoms with van der Waals surface area (Å²) in [5.41, 5.74) is -0.150. The van der Waals surface area contributed by atoms with Gasteiger partial charge in [-0.25, -0.2) is 8.42 Å². The Morgan fingerprint density at radius 3 is 2.23 bits per heavy atom. The van der Waals surface area contributed by atoms with Gasteiger partial charge in [0.1, 0.15) is 5.25 Å². The van der Waals surface area contributed by atoms with Crippen molar-refractivity contribution in [3.63, 3.8) is 0 Å².